The van der Waals surface area contributed by atoms with Gasteiger partial charge in [-0.15, -0.1) is 0 Å². The third-order valence-corrected chi connectivity index (χ3v) is 13.1. The molecule has 0 aromatic heterocycles. The van der Waals surface area contributed by atoms with Crippen molar-refractivity contribution in [2.75, 3.05) is 26.4 Å². The van der Waals surface area contributed by atoms with Crippen molar-refractivity contribution in [1.29, 1.82) is 0 Å². The first-order valence-electron chi connectivity index (χ1n) is 25.6. The van der Waals surface area contributed by atoms with Crippen LogP contribution in [0.1, 0.15) is 190 Å². The molecule has 0 aromatic carbocycles. The molecule has 0 bridgehead atoms. The minimum Gasteiger partial charge on any atom is -0.393 e. The Hall–Kier alpha value is -2.12. The van der Waals surface area contributed by atoms with Crippen molar-refractivity contribution in [3.8, 4) is 0 Å². The summed E-state index contributed by atoms with van der Waals surface area (Å²) in [7, 11) is 0. The Kier molecular flexibility index (Phi) is 23.3. The number of ketones is 4. The SMILES string of the molecule is CC(C)(C)CCC(=O)C(O)(OC(C)(C)CO)C(O)(O)C(C(O)(O)C(O)(OC(C)(C)CO)C(=O)CCC(C)(C)C)(C(O)(O)C(O)(OC(C)(C)CO)C(=O)CCC(C)(C)C)C(O)(O)C(O)(OC(C)(C)CO)C(=O)CCC(C)(C)C. The fourth-order valence-electron chi connectivity index (χ4n) is 8.13. The van der Waals surface area contributed by atoms with Gasteiger partial charge in [0.25, 0.3) is 23.1 Å². The van der Waals surface area contributed by atoms with E-state index in [0.717, 1.165) is 55.4 Å². The quantitative estimate of drug-likeness (QED) is 0.0400. The second kappa shape index (κ2) is 24.0. The van der Waals surface area contributed by atoms with Crippen LogP contribution < -0.4 is 0 Å². The normalized spacial score (nSPS) is 18.6. The molecule has 4 unspecified atom stereocenters. The molecule has 0 aromatic rings. The molecule has 16 N–H and O–H groups in total. The minimum atomic E-state index is -6.54. The molecule has 0 fully saturated rings. The molecule has 0 radical (unpaired) electrons. The summed E-state index contributed by atoms with van der Waals surface area (Å²) in [5.74, 6) is -54.1. The van der Waals surface area contributed by atoms with E-state index >= 15 is 19.2 Å². The Bertz CT molecular complexity index is 1730. The molecule has 0 aliphatic carbocycles. The predicted octanol–water partition coefficient (Wildman–Crippen LogP) is 0.182. The summed E-state index contributed by atoms with van der Waals surface area (Å²) < 4.78 is 22.3. The maximum atomic E-state index is 15.1. The monoisotopic (exact) mass is 1120 g/mol. The second-order valence-electron chi connectivity index (χ2n) is 28.0. The lowest BCUT2D eigenvalue weighted by molar-refractivity contribution is -0.603. The summed E-state index contributed by atoms with van der Waals surface area (Å²) in [6, 6.07) is 0. The highest BCUT2D eigenvalue weighted by Gasteiger charge is 2.98. The third-order valence-electron chi connectivity index (χ3n) is 13.1. The highest BCUT2D eigenvalue weighted by Crippen LogP contribution is 2.66. The molecule has 0 spiro atoms. The lowest BCUT2D eigenvalue weighted by Crippen LogP contribution is -2.97. The van der Waals surface area contributed by atoms with Gasteiger partial charge >= 0.3 is 0 Å². The fraction of sp³-hybridized carbons (Fsp3) is 0.925. The first-order chi connectivity index (χ1) is 33.6. The number of carbonyl (C=O) groups is 4. The summed E-state index contributed by atoms with van der Waals surface area (Å²) in [4.78, 5) is 60.6. The topological polar surface area (TPSA) is 429 Å². The van der Waals surface area contributed by atoms with Crippen LogP contribution in [-0.2, 0) is 38.1 Å². The Balaban J connectivity index is 11.5. The maximum absolute atomic E-state index is 15.1. The van der Waals surface area contributed by atoms with Gasteiger partial charge in [0.05, 0.1) is 48.8 Å². The molecule has 0 amide bonds. The van der Waals surface area contributed by atoms with Gasteiger partial charge in [0.15, 0.2) is 23.1 Å². The zero-order valence-electron chi connectivity index (χ0n) is 49.4. The molecule has 77 heavy (non-hydrogen) atoms. The van der Waals surface area contributed by atoms with Crippen molar-refractivity contribution in [3.05, 3.63) is 0 Å². The van der Waals surface area contributed by atoms with Gasteiger partial charge < -0.3 is 101 Å². The Morgan fingerprint density at radius 3 is 0.506 bits per heavy atom. The van der Waals surface area contributed by atoms with Crippen molar-refractivity contribution in [2.45, 2.75) is 259 Å². The van der Waals surface area contributed by atoms with Crippen LogP contribution in [0.15, 0.2) is 0 Å². The Labute approximate surface area is 454 Å². The maximum Gasteiger partial charge on any atom is 0.284 e. The van der Waals surface area contributed by atoms with Gasteiger partial charge in [0, 0.05) is 25.7 Å². The van der Waals surface area contributed by atoms with E-state index in [1.807, 2.05) is 0 Å². The lowest BCUT2D eigenvalue weighted by Gasteiger charge is -2.67. The standard InChI is InChI=1S/C53H100O24/c1-37(2,3)25-21-33(58)45(62,74-41(13,14)29-54)50(66,67)49(51(68,69)46(63,75-42(15,16)30-55)34(59)22-26-38(4,5)6,52(70,71)47(64,76-43(17,18)31-56)35(60)23-27-39(7,8)9)53(72,73)48(65,77-44(19,20)32-57)36(61)24-28-40(10,11)12/h54-57,62-73H,21-32H2,1-20H3. The summed E-state index contributed by atoms with van der Waals surface area (Å²) in [5, 5.41) is 204. The van der Waals surface area contributed by atoms with Gasteiger partial charge in [-0.1, -0.05) is 83.1 Å². The van der Waals surface area contributed by atoms with E-state index in [0.29, 0.717) is 0 Å². The molecular weight excluding hydrogens is 1020 g/mol. The highest BCUT2D eigenvalue weighted by molar-refractivity contribution is 5.91. The van der Waals surface area contributed by atoms with E-state index < -0.39 is 197 Å². The molecule has 24 nitrogen and oxygen atoms in total. The van der Waals surface area contributed by atoms with Crippen LogP contribution in [0.4, 0.5) is 0 Å². The van der Waals surface area contributed by atoms with Crippen LogP contribution in [0.2, 0.25) is 0 Å². The lowest BCUT2D eigenvalue weighted by atomic mass is 9.51. The second-order valence-corrected chi connectivity index (χ2v) is 28.0. The molecule has 0 aliphatic heterocycles. The molecular formula is C53H100O24. The summed E-state index contributed by atoms with van der Waals surface area (Å²) in [5.41, 5.74) is -21.2. The van der Waals surface area contributed by atoms with E-state index in [2.05, 4.69) is 0 Å². The van der Waals surface area contributed by atoms with Crippen LogP contribution in [0.3, 0.4) is 0 Å². The average Bonchev–Trinajstić information content (AvgIpc) is 3.23. The summed E-state index contributed by atoms with van der Waals surface area (Å²) >= 11 is 0. The van der Waals surface area contributed by atoms with Crippen LogP contribution in [-0.4, -0.2) is 200 Å². The van der Waals surface area contributed by atoms with E-state index in [4.69, 9.17) is 18.9 Å². The van der Waals surface area contributed by atoms with E-state index in [1.165, 1.54) is 83.1 Å². The number of aliphatic hydroxyl groups is 16. The smallest absolute Gasteiger partial charge is 0.284 e. The fourth-order valence-corrected chi connectivity index (χ4v) is 8.13. The van der Waals surface area contributed by atoms with E-state index in [1.54, 1.807) is 0 Å². The predicted molar refractivity (Wildman–Crippen MR) is 275 cm³/mol. The van der Waals surface area contributed by atoms with E-state index in [-0.39, 0.29) is 0 Å². The Morgan fingerprint density at radius 2 is 0.403 bits per heavy atom. The molecule has 0 heterocycles. The zero-order valence-corrected chi connectivity index (χ0v) is 49.4. The molecule has 0 saturated carbocycles. The van der Waals surface area contributed by atoms with Crippen molar-refractivity contribution in [3.63, 3.8) is 0 Å². The molecule has 4 atom stereocenters. The van der Waals surface area contributed by atoms with Crippen LogP contribution in [0.5, 0.6) is 0 Å². The van der Waals surface area contributed by atoms with Crippen molar-refractivity contribution >= 4 is 23.1 Å². The van der Waals surface area contributed by atoms with Crippen LogP contribution in [0.25, 0.3) is 0 Å². The summed E-state index contributed by atoms with van der Waals surface area (Å²) in [6.45, 7) is 19.0. The molecule has 0 rings (SSSR count). The zero-order chi connectivity index (χ0) is 62.1. The van der Waals surface area contributed by atoms with Gasteiger partial charge in [0.1, 0.15) is 0 Å². The first-order valence-corrected chi connectivity index (χ1v) is 25.6. The first kappa shape index (κ1) is 74.9. The number of Topliss-reactive ketones (excluding diaryl/α,β-unsaturated/α-hetero) is 4. The minimum absolute atomic E-state index is 0.467. The van der Waals surface area contributed by atoms with Crippen molar-refractivity contribution < 1.29 is 120 Å². The van der Waals surface area contributed by atoms with E-state index in [9.17, 15) is 81.7 Å². The number of rotatable bonds is 32. The van der Waals surface area contributed by atoms with Gasteiger partial charge in [-0.05, 0) is 103 Å². The largest absolute Gasteiger partial charge is 0.393 e. The molecule has 24 heteroatoms. The Morgan fingerprint density at radius 1 is 0.273 bits per heavy atom. The number of hydrogen-bond acceptors (Lipinski definition) is 24. The van der Waals surface area contributed by atoms with Gasteiger partial charge in [-0.25, -0.2) is 0 Å². The van der Waals surface area contributed by atoms with Gasteiger partial charge in [-0.2, -0.15) is 0 Å². The number of hydrogen-bond donors (Lipinski definition) is 16. The average molecular weight is 1120 g/mol. The third kappa shape index (κ3) is 16.1. The molecule has 456 valence electrons. The van der Waals surface area contributed by atoms with Gasteiger partial charge in [0.2, 0.25) is 28.6 Å². The molecule has 0 saturated heterocycles. The molecule has 0 aliphatic rings. The van der Waals surface area contributed by atoms with Crippen LogP contribution in [0, 0.1) is 27.1 Å². The van der Waals surface area contributed by atoms with Crippen molar-refractivity contribution in [1.82, 2.24) is 0 Å². The number of ether oxygens (including phenoxy) is 4. The van der Waals surface area contributed by atoms with Gasteiger partial charge in [-0.3, -0.25) is 19.2 Å². The highest BCUT2D eigenvalue weighted by atomic mass is 16.7. The van der Waals surface area contributed by atoms with Crippen molar-refractivity contribution in [2.24, 2.45) is 27.1 Å². The summed E-state index contributed by atoms with van der Waals surface area (Å²) in [6.07, 6.45) is -6.79. The number of aliphatic hydroxyl groups excluding tert-OH is 4. The van der Waals surface area contributed by atoms with Crippen LogP contribution >= 0.6 is 0 Å². The number of carbonyl (C=O) groups excluding carboxylic acids is 4.